The summed E-state index contributed by atoms with van der Waals surface area (Å²) in [5, 5.41) is 10.2. The molecule has 0 saturated heterocycles. The third kappa shape index (κ3) is 1.58. The molecule has 2 rings (SSSR count). The Kier molecular flexibility index (Phi) is 2.60. The van der Waals surface area contributed by atoms with Gasteiger partial charge < -0.3 is 9.84 Å². The first-order valence-electron chi connectivity index (χ1n) is 4.66. The number of hydrogen-bond acceptors (Lipinski definition) is 2. The summed E-state index contributed by atoms with van der Waals surface area (Å²) in [6.45, 7) is 0. The fourth-order valence-corrected chi connectivity index (χ4v) is 1.97. The van der Waals surface area contributed by atoms with Crippen molar-refractivity contribution in [2.45, 2.75) is 12.0 Å². The molecule has 2 nitrogen and oxygen atoms in total. The fraction of sp³-hybridized carbons (Fsp3) is 0.333. The number of halogens is 1. The highest BCUT2D eigenvalue weighted by atomic mass is 35.5. The minimum atomic E-state index is -1.07. The summed E-state index contributed by atoms with van der Waals surface area (Å²) in [5.41, 5.74) is 0.794. The van der Waals surface area contributed by atoms with E-state index in [0.29, 0.717) is 12.2 Å². The highest BCUT2D eigenvalue weighted by molar-refractivity contribution is 6.19. The van der Waals surface area contributed by atoms with Crippen molar-refractivity contribution in [1.29, 1.82) is 0 Å². The first-order chi connectivity index (χ1) is 7.21. The molecule has 0 heterocycles. The van der Waals surface area contributed by atoms with Gasteiger partial charge in [-0.15, -0.1) is 11.6 Å². The van der Waals surface area contributed by atoms with Gasteiger partial charge in [0.2, 0.25) is 0 Å². The standard InChI is InChI=1S/C12H11ClO2/c1-15-10-5-2-4-9-8-12(14,11(9)10)6-3-7-13/h2,4-5,14H,7-8H2,1H3. The van der Waals surface area contributed by atoms with Crippen LogP contribution in [0.2, 0.25) is 0 Å². The van der Waals surface area contributed by atoms with E-state index in [9.17, 15) is 5.11 Å². The smallest absolute Gasteiger partial charge is 0.158 e. The van der Waals surface area contributed by atoms with Gasteiger partial charge >= 0.3 is 0 Å². The van der Waals surface area contributed by atoms with Crippen LogP contribution in [0.3, 0.4) is 0 Å². The molecule has 1 aromatic rings. The van der Waals surface area contributed by atoms with Crippen LogP contribution in [-0.2, 0) is 12.0 Å². The molecule has 78 valence electrons. The molecule has 0 saturated carbocycles. The molecule has 0 aromatic heterocycles. The summed E-state index contributed by atoms with van der Waals surface area (Å²) in [6.07, 6.45) is 0.545. The Morgan fingerprint density at radius 1 is 1.60 bits per heavy atom. The SMILES string of the molecule is COc1cccc2c1C(O)(C#CCCl)C2. The molecule has 1 aromatic carbocycles. The van der Waals surface area contributed by atoms with Gasteiger partial charge in [0, 0.05) is 12.0 Å². The van der Waals surface area contributed by atoms with Crippen molar-refractivity contribution in [2.75, 3.05) is 13.0 Å². The van der Waals surface area contributed by atoms with Crippen LogP contribution in [0.4, 0.5) is 0 Å². The van der Waals surface area contributed by atoms with Gasteiger partial charge in [-0.1, -0.05) is 24.0 Å². The van der Waals surface area contributed by atoms with Crippen molar-refractivity contribution in [3.8, 4) is 17.6 Å². The molecule has 3 heteroatoms. The summed E-state index contributed by atoms with van der Waals surface area (Å²) >= 11 is 5.47. The van der Waals surface area contributed by atoms with E-state index < -0.39 is 5.60 Å². The highest BCUT2D eigenvalue weighted by Gasteiger charge is 2.42. The van der Waals surface area contributed by atoms with E-state index in [1.165, 1.54) is 0 Å². The van der Waals surface area contributed by atoms with Crippen molar-refractivity contribution in [1.82, 2.24) is 0 Å². The number of rotatable bonds is 1. The number of aliphatic hydroxyl groups is 1. The number of fused-ring (bicyclic) bond motifs is 1. The van der Waals surface area contributed by atoms with Gasteiger partial charge in [0.25, 0.3) is 0 Å². The van der Waals surface area contributed by atoms with E-state index in [0.717, 1.165) is 11.1 Å². The van der Waals surface area contributed by atoms with Crippen LogP contribution in [0.5, 0.6) is 5.75 Å². The van der Waals surface area contributed by atoms with Crippen molar-refractivity contribution < 1.29 is 9.84 Å². The fourth-order valence-electron chi connectivity index (χ4n) is 1.91. The van der Waals surface area contributed by atoms with Gasteiger partial charge in [-0.05, 0) is 11.6 Å². The van der Waals surface area contributed by atoms with Crippen LogP contribution in [0, 0.1) is 11.8 Å². The zero-order chi connectivity index (χ0) is 10.9. The van der Waals surface area contributed by atoms with Crippen molar-refractivity contribution in [2.24, 2.45) is 0 Å². The summed E-state index contributed by atoms with van der Waals surface area (Å²) in [5.74, 6) is 6.38. The first kappa shape index (κ1) is 10.4. The van der Waals surface area contributed by atoms with Crippen molar-refractivity contribution in [3.63, 3.8) is 0 Å². The average molecular weight is 223 g/mol. The lowest BCUT2D eigenvalue weighted by atomic mass is 9.73. The lowest BCUT2D eigenvalue weighted by molar-refractivity contribution is 0.0719. The Bertz CT molecular complexity index is 445. The average Bonchev–Trinajstić information content (AvgIpc) is 2.24. The van der Waals surface area contributed by atoms with Gasteiger partial charge in [0.1, 0.15) is 5.75 Å². The molecule has 0 amide bonds. The third-order valence-electron chi connectivity index (χ3n) is 2.55. The second-order valence-corrected chi connectivity index (χ2v) is 3.73. The number of methoxy groups -OCH3 is 1. The molecule has 0 fully saturated rings. The molecule has 1 aliphatic rings. The van der Waals surface area contributed by atoms with E-state index in [-0.39, 0.29) is 5.88 Å². The number of benzene rings is 1. The predicted molar refractivity (Wildman–Crippen MR) is 59.1 cm³/mol. The molecule has 1 atom stereocenters. The van der Waals surface area contributed by atoms with Gasteiger partial charge in [0.05, 0.1) is 13.0 Å². The predicted octanol–water partition coefficient (Wildman–Crippen LogP) is 1.68. The van der Waals surface area contributed by atoms with E-state index in [1.54, 1.807) is 7.11 Å². The monoisotopic (exact) mass is 222 g/mol. The maximum absolute atomic E-state index is 10.2. The van der Waals surface area contributed by atoms with Crippen LogP contribution in [-0.4, -0.2) is 18.1 Å². The Morgan fingerprint density at radius 3 is 3.07 bits per heavy atom. The van der Waals surface area contributed by atoms with Crippen LogP contribution in [0.15, 0.2) is 18.2 Å². The van der Waals surface area contributed by atoms with Gasteiger partial charge in [-0.2, -0.15) is 0 Å². The summed E-state index contributed by atoms with van der Waals surface area (Å²) in [7, 11) is 1.59. The summed E-state index contributed by atoms with van der Waals surface area (Å²) in [4.78, 5) is 0. The minimum absolute atomic E-state index is 0.229. The van der Waals surface area contributed by atoms with Crippen molar-refractivity contribution in [3.05, 3.63) is 29.3 Å². The van der Waals surface area contributed by atoms with E-state index >= 15 is 0 Å². The zero-order valence-electron chi connectivity index (χ0n) is 8.38. The first-order valence-corrected chi connectivity index (χ1v) is 5.19. The summed E-state index contributed by atoms with van der Waals surface area (Å²) < 4.78 is 5.19. The molecule has 1 N–H and O–H groups in total. The summed E-state index contributed by atoms with van der Waals surface area (Å²) in [6, 6.07) is 5.70. The normalized spacial score (nSPS) is 22.1. The molecule has 0 aliphatic heterocycles. The van der Waals surface area contributed by atoms with Gasteiger partial charge in [-0.25, -0.2) is 0 Å². The molecule has 1 aliphatic carbocycles. The lowest BCUT2D eigenvalue weighted by Gasteiger charge is -2.36. The largest absolute Gasteiger partial charge is 0.496 e. The number of ether oxygens (including phenoxy) is 1. The molecule has 1 unspecified atom stereocenters. The molecule has 0 bridgehead atoms. The molecular weight excluding hydrogens is 212 g/mol. The maximum Gasteiger partial charge on any atom is 0.158 e. The van der Waals surface area contributed by atoms with Crippen LogP contribution in [0.25, 0.3) is 0 Å². The van der Waals surface area contributed by atoms with Crippen LogP contribution < -0.4 is 4.74 Å². The van der Waals surface area contributed by atoms with E-state index in [4.69, 9.17) is 16.3 Å². The van der Waals surface area contributed by atoms with Crippen molar-refractivity contribution >= 4 is 11.6 Å². The van der Waals surface area contributed by atoms with E-state index in [2.05, 4.69) is 11.8 Å². The Labute approximate surface area is 93.8 Å². The molecule has 0 radical (unpaired) electrons. The lowest BCUT2D eigenvalue weighted by Crippen LogP contribution is -2.37. The van der Waals surface area contributed by atoms with Crippen LogP contribution >= 0.6 is 11.6 Å². The molecule has 0 spiro atoms. The number of alkyl halides is 1. The number of hydrogen-bond donors (Lipinski definition) is 1. The Balaban J connectivity index is 2.43. The van der Waals surface area contributed by atoms with Gasteiger partial charge in [0.15, 0.2) is 5.60 Å². The topological polar surface area (TPSA) is 29.5 Å². The molecular formula is C12H11ClO2. The second-order valence-electron chi connectivity index (χ2n) is 3.47. The zero-order valence-corrected chi connectivity index (χ0v) is 9.14. The maximum atomic E-state index is 10.2. The minimum Gasteiger partial charge on any atom is -0.496 e. The van der Waals surface area contributed by atoms with Crippen LogP contribution in [0.1, 0.15) is 11.1 Å². The van der Waals surface area contributed by atoms with E-state index in [1.807, 2.05) is 18.2 Å². The Morgan fingerprint density at radius 2 is 2.40 bits per heavy atom. The highest BCUT2D eigenvalue weighted by Crippen LogP contribution is 2.44. The third-order valence-corrected chi connectivity index (χ3v) is 2.69. The van der Waals surface area contributed by atoms with Gasteiger partial charge in [-0.3, -0.25) is 0 Å². The second kappa shape index (κ2) is 3.77. The Hall–Kier alpha value is -1.17. The molecule has 15 heavy (non-hydrogen) atoms. The quantitative estimate of drug-likeness (QED) is 0.579.